The number of carbonyl (C=O) groups excluding carboxylic acids is 1. The SMILES string of the molecule is CC(=S)NCC1COC(=O)N1c1ccc(C2CCS(=O)CC2)c(F)c1. The molecule has 1 atom stereocenters. The molecule has 0 aromatic heterocycles. The van der Waals surface area contributed by atoms with Crippen molar-refractivity contribution in [2.45, 2.75) is 31.7 Å². The molecule has 2 fully saturated rings. The van der Waals surface area contributed by atoms with Crippen molar-refractivity contribution in [3.8, 4) is 0 Å². The number of carbonyl (C=O) groups is 1. The Bertz CT molecular complexity index is 703. The van der Waals surface area contributed by atoms with E-state index in [1.54, 1.807) is 19.1 Å². The summed E-state index contributed by atoms with van der Waals surface area (Å²) in [4.78, 5) is 14.2. The Hall–Kier alpha value is -1.54. The Labute approximate surface area is 154 Å². The number of benzene rings is 1. The van der Waals surface area contributed by atoms with Gasteiger partial charge in [-0.25, -0.2) is 9.18 Å². The van der Waals surface area contributed by atoms with Crippen molar-refractivity contribution < 1.29 is 18.1 Å². The number of hydrogen-bond acceptors (Lipinski definition) is 4. The first kappa shape index (κ1) is 18.3. The first-order valence-corrected chi connectivity index (χ1v) is 10.2. The fourth-order valence-corrected chi connectivity index (χ4v) is 4.67. The first-order chi connectivity index (χ1) is 12.0. The number of ether oxygens (including phenoxy) is 1. The smallest absolute Gasteiger partial charge is 0.414 e. The first-order valence-electron chi connectivity index (χ1n) is 8.30. The van der Waals surface area contributed by atoms with Gasteiger partial charge in [-0.1, -0.05) is 18.3 Å². The van der Waals surface area contributed by atoms with Crippen LogP contribution in [0.1, 0.15) is 31.2 Å². The molecular weight excluding hydrogens is 363 g/mol. The second kappa shape index (κ2) is 7.78. The molecule has 2 heterocycles. The third-order valence-corrected chi connectivity index (χ3v) is 6.16. The molecule has 1 aromatic carbocycles. The molecule has 0 bridgehead atoms. The third-order valence-electron chi connectivity index (χ3n) is 4.64. The quantitative estimate of drug-likeness (QED) is 0.809. The van der Waals surface area contributed by atoms with Crippen molar-refractivity contribution in [1.29, 1.82) is 0 Å². The minimum absolute atomic E-state index is 0.0900. The van der Waals surface area contributed by atoms with Gasteiger partial charge in [-0.05, 0) is 43.4 Å². The molecule has 5 nitrogen and oxygen atoms in total. The van der Waals surface area contributed by atoms with Crippen LogP contribution in [0.25, 0.3) is 0 Å². The Balaban J connectivity index is 1.77. The van der Waals surface area contributed by atoms with Crippen LogP contribution in [0.3, 0.4) is 0 Å². The fraction of sp³-hybridized carbons (Fsp3) is 0.529. The maximum Gasteiger partial charge on any atom is 0.414 e. The van der Waals surface area contributed by atoms with Gasteiger partial charge in [0.2, 0.25) is 0 Å². The van der Waals surface area contributed by atoms with Gasteiger partial charge in [0.1, 0.15) is 12.4 Å². The lowest BCUT2D eigenvalue weighted by molar-refractivity contribution is 0.179. The van der Waals surface area contributed by atoms with Crippen molar-refractivity contribution in [2.75, 3.05) is 29.6 Å². The number of hydrogen-bond donors (Lipinski definition) is 1. The van der Waals surface area contributed by atoms with Gasteiger partial charge in [0.15, 0.2) is 0 Å². The lowest BCUT2D eigenvalue weighted by Crippen LogP contribution is -2.42. The zero-order chi connectivity index (χ0) is 18.0. The van der Waals surface area contributed by atoms with Crippen LogP contribution in [0.15, 0.2) is 18.2 Å². The number of anilines is 1. The number of nitrogens with zero attached hydrogens (tertiary/aromatic N) is 1. The van der Waals surface area contributed by atoms with Gasteiger partial charge in [-0.2, -0.15) is 0 Å². The third kappa shape index (κ3) is 4.17. The van der Waals surface area contributed by atoms with Crippen molar-refractivity contribution in [2.24, 2.45) is 0 Å². The van der Waals surface area contributed by atoms with Gasteiger partial charge in [0.05, 0.1) is 16.7 Å². The Morgan fingerprint density at radius 2 is 2.16 bits per heavy atom. The van der Waals surface area contributed by atoms with Gasteiger partial charge in [0, 0.05) is 28.9 Å². The maximum absolute atomic E-state index is 14.7. The average Bonchev–Trinajstić information content (AvgIpc) is 2.94. The topological polar surface area (TPSA) is 58.6 Å². The van der Waals surface area contributed by atoms with Crippen LogP contribution in [0.5, 0.6) is 0 Å². The van der Waals surface area contributed by atoms with Crippen molar-refractivity contribution in [3.05, 3.63) is 29.6 Å². The van der Waals surface area contributed by atoms with Crippen LogP contribution in [-0.4, -0.2) is 46.0 Å². The van der Waals surface area contributed by atoms with Crippen molar-refractivity contribution in [3.63, 3.8) is 0 Å². The summed E-state index contributed by atoms with van der Waals surface area (Å²) in [5.41, 5.74) is 1.12. The molecule has 136 valence electrons. The molecule has 1 amide bonds. The predicted molar refractivity (Wildman–Crippen MR) is 100 cm³/mol. The molecule has 2 saturated heterocycles. The summed E-state index contributed by atoms with van der Waals surface area (Å²) in [7, 11) is -0.773. The van der Waals surface area contributed by atoms with Gasteiger partial charge in [0.25, 0.3) is 0 Å². The van der Waals surface area contributed by atoms with Gasteiger partial charge in [-0.15, -0.1) is 0 Å². The summed E-state index contributed by atoms with van der Waals surface area (Å²) in [5, 5.41) is 3.02. The molecule has 1 unspecified atom stereocenters. The van der Waals surface area contributed by atoms with Crippen LogP contribution in [0.2, 0.25) is 0 Å². The van der Waals surface area contributed by atoms with Crippen molar-refractivity contribution >= 4 is 39.8 Å². The molecule has 0 spiro atoms. The van der Waals surface area contributed by atoms with E-state index in [1.807, 2.05) is 0 Å². The Morgan fingerprint density at radius 3 is 2.80 bits per heavy atom. The van der Waals surface area contributed by atoms with E-state index in [0.717, 1.165) is 12.8 Å². The minimum atomic E-state index is -0.773. The van der Waals surface area contributed by atoms with E-state index in [9.17, 15) is 13.4 Å². The van der Waals surface area contributed by atoms with Crippen LogP contribution >= 0.6 is 12.2 Å². The molecule has 2 aliphatic heterocycles. The standard InChI is InChI=1S/C17H21FN2O3S2/c1-11(24)19-9-14-10-23-17(21)20(14)13-2-3-15(16(18)8-13)12-4-6-25(22)7-5-12/h2-3,8,12,14H,4-7,9-10H2,1H3,(H,19,24). The number of halogens is 1. The molecule has 3 rings (SSSR count). The summed E-state index contributed by atoms with van der Waals surface area (Å²) < 4.78 is 31.3. The molecule has 1 aromatic rings. The molecule has 2 aliphatic rings. The van der Waals surface area contributed by atoms with E-state index in [-0.39, 0.29) is 24.4 Å². The van der Waals surface area contributed by atoms with Crippen LogP contribution < -0.4 is 10.2 Å². The number of thiocarbonyl (C=S) groups is 1. The highest BCUT2D eigenvalue weighted by atomic mass is 32.2. The molecular formula is C17H21FN2O3S2. The molecule has 0 radical (unpaired) electrons. The highest BCUT2D eigenvalue weighted by molar-refractivity contribution is 7.85. The summed E-state index contributed by atoms with van der Waals surface area (Å²) in [6, 6.07) is 4.66. The average molecular weight is 384 g/mol. The van der Waals surface area contributed by atoms with Crippen LogP contribution in [0.4, 0.5) is 14.9 Å². The molecule has 25 heavy (non-hydrogen) atoms. The summed E-state index contributed by atoms with van der Waals surface area (Å²) in [5.74, 6) is 1.00. The van der Waals surface area contributed by atoms with Crippen molar-refractivity contribution in [1.82, 2.24) is 5.32 Å². The minimum Gasteiger partial charge on any atom is -0.447 e. The zero-order valence-electron chi connectivity index (χ0n) is 14.0. The fourth-order valence-electron chi connectivity index (χ4n) is 3.29. The number of nitrogens with one attached hydrogen (secondary N) is 1. The highest BCUT2D eigenvalue weighted by Gasteiger charge is 2.34. The van der Waals surface area contributed by atoms with E-state index in [0.29, 0.717) is 34.3 Å². The zero-order valence-corrected chi connectivity index (χ0v) is 15.6. The Morgan fingerprint density at radius 1 is 1.44 bits per heavy atom. The number of cyclic esters (lactones) is 1. The van der Waals surface area contributed by atoms with Gasteiger partial charge < -0.3 is 10.1 Å². The largest absolute Gasteiger partial charge is 0.447 e. The molecule has 8 heteroatoms. The Kier molecular flexibility index (Phi) is 5.68. The highest BCUT2D eigenvalue weighted by Crippen LogP contribution is 2.33. The van der Waals surface area contributed by atoms with Gasteiger partial charge >= 0.3 is 6.09 Å². The lowest BCUT2D eigenvalue weighted by atomic mass is 9.93. The second-order valence-corrected chi connectivity index (χ2v) is 8.67. The number of rotatable bonds is 4. The van der Waals surface area contributed by atoms with E-state index < -0.39 is 16.9 Å². The predicted octanol–water partition coefficient (Wildman–Crippen LogP) is 2.71. The van der Waals surface area contributed by atoms with E-state index >= 15 is 0 Å². The van der Waals surface area contributed by atoms with E-state index in [4.69, 9.17) is 17.0 Å². The molecule has 1 N–H and O–H groups in total. The van der Waals surface area contributed by atoms with Crippen LogP contribution in [0, 0.1) is 5.82 Å². The molecule has 0 aliphatic carbocycles. The molecule has 0 saturated carbocycles. The number of amides is 1. The van der Waals surface area contributed by atoms with Gasteiger partial charge in [-0.3, -0.25) is 9.11 Å². The summed E-state index contributed by atoms with van der Waals surface area (Å²) >= 11 is 5.00. The second-order valence-electron chi connectivity index (χ2n) is 6.37. The lowest BCUT2D eigenvalue weighted by Gasteiger charge is -2.25. The van der Waals surface area contributed by atoms with E-state index in [1.165, 1.54) is 11.0 Å². The maximum atomic E-state index is 14.7. The summed E-state index contributed by atoms with van der Waals surface area (Å²) in [6.45, 7) is 2.47. The normalized spacial score (nSPS) is 26.4. The summed E-state index contributed by atoms with van der Waals surface area (Å²) in [6.07, 6.45) is 0.985. The van der Waals surface area contributed by atoms with E-state index in [2.05, 4.69) is 5.32 Å². The van der Waals surface area contributed by atoms with Crippen LogP contribution in [-0.2, 0) is 15.5 Å². The monoisotopic (exact) mass is 384 g/mol.